The van der Waals surface area contributed by atoms with Gasteiger partial charge in [-0.15, -0.1) is 0 Å². The number of fused-ring (bicyclic) bond motifs is 2. The Labute approximate surface area is 312 Å². The molecule has 0 radical (unpaired) electrons. The van der Waals surface area contributed by atoms with E-state index >= 15 is 0 Å². The van der Waals surface area contributed by atoms with E-state index in [1.54, 1.807) is 0 Å². The number of benzene rings is 6. The Hall–Kier alpha value is -7.44. The first-order valence-electron chi connectivity index (χ1n) is 18.0. The number of pyridine rings is 2. The van der Waals surface area contributed by atoms with E-state index in [1.807, 2.05) is 48.8 Å². The fourth-order valence-corrected chi connectivity index (χ4v) is 7.56. The molecule has 0 aliphatic heterocycles. The Morgan fingerprint density at radius 2 is 0.574 bits per heavy atom. The van der Waals surface area contributed by atoms with Gasteiger partial charge in [-0.2, -0.15) is 0 Å². The zero-order valence-electron chi connectivity index (χ0n) is 29.2. The predicted octanol–water partition coefficient (Wildman–Crippen LogP) is 11.5. The van der Waals surface area contributed by atoms with E-state index in [4.69, 9.17) is 19.9 Å². The third kappa shape index (κ3) is 5.28. The van der Waals surface area contributed by atoms with Gasteiger partial charge in [0.2, 0.25) is 0 Å². The molecule has 0 atom stereocenters. The van der Waals surface area contributed by atoms with Crippen LogP contribution in [-0.2, 0) is 0 Å². The molecule has 0 unspecified atom stereocenters. The van der Waals surface area contributed by atoms with Crippen LogP contribution in [0.5, 0.6) is 0 Å². The quantitative estimate of drug-likeness (QED) is 0.167. The number of hydrogen-bond acceptors (Lipinski definition) is 4. The summed E-state index contributed by atoms with van der Waals surface area (Å²) in [6.07, 6.45) is 3.66. The molecule has 0 saturated carbocycles. The second kappa shape index (κ2) is 13.3. The number of hydrogen-bond donors (Lipinski definition) is 0. The van der Waals surface area contributed by atoms with Crippen LogP contribution in [0.2, 0.25) is 0 Å². The first-order chi connectivity index (χ1) is 26.8. The lowest BCUT2D eigenvalue weighted by atomic mass is 9.86. The summed E-state index contributed by atoms with van der Waals surface area (Å²) in [7, 11) is 0. The van der Waals surface area contributed by atoms with Gasteiger partial charge < -0.3 is 0 Å². The Kier molecular flexibility index (Phi) is 7.69. The molecule has 10 rings (SSSR count). The van der Waals surface area contributed by atoms with Crippen molar-refractivity contribution in [1.82, 2.24) is 29.1 Å². The first kappa shape index (κ1) is 31.3. The van der Waals surface area contributed by atoms with Crippen molar-refractivity contribution in [3.05, 3.63) is 194 Å². The molecule has 54 heavy (non-hydrogen) atoms. The number of rotatable bonds is 7. The molecule has 4 heterocycles. The van der Waals surface area contributed by atoms with Crippen LogP contribution in [0.15, 0.2) is 194 Å². The average molecular weight is 693 g/mol. The number of aromatic nitrogens is 6. The van der Waals surface area contributed by atoms with E-state index in [9.17, 15) is 0 Å². The lowest BCUT2D eigenvalue weighted by molar-refractivity contribution is 1.08. The molecule has 6 aromatic carbocycles. The largest absolute Gasteiger partial charge is 0.277 e. The predicted molar refractivity (Wildman–Crippen MR) is 218 cm³/mol. The van der Waals surface area contributed by atoms with Crippen LogP contribution in [0.25, 0.3) is 89.9 Å². The zero-order chi connectivity index (χ0) is 35.8. The van der Waals surface area contributed by atoms with Gasteiger partial charge in [0.05, 0.1) is 0 Å². The summed E-state index contributed by atoms with van der Waals surface area (Å²) >= 11 is 0. The van der Waals surface area contributed by atoms with Gasteiger partial charge in [0.1, 0.15) is 22.7 Å². The summed E-state index contributed by atoms with van der Waals surface area (Å²) in [6.45, 7) is 0. The molecule has 10 aromatic rings. The molecule has 4 aromatic heterocycles. The maximum atomic E-state index is 5.20. The number of para-hydroxylation sites is 2. The Morgan fingerprint density at radius 3 is 0.926 bits per heavy atom. The van der Waals surface area contributed by atoms with E-state index in [1.165, 1.54) is 0 Å². The minimum absolute atomic E-state index is 0.820. The normalized spacial score (nSPS) is 11.3. The summed E-state index contributed by atoms with van der Waals surface area (Å²) in [5.74, 6) is 1.68. The molecule has 254 valence electrons. The van der Waals surface area contributed by atoms with E-state index in [0.29, 0.717) is 0 Å². The third-order valence-corrected chi connectivity index (χ3v) is 9.92. The molecular formula is C48H32N6. The van der Waals surface area contributed by atoms with Gasteiger partial charge in [0.15, 0.2) is 11.3 Å². The summed E-state index contributed by atoms with van der Waals surface area (Å²) in [6, 6.07) is 63.0. The standard InChI is InChI=1S/C48H32N6/c1-3-17-33(18-4-1)53-45(51-43-29-15-31-49-47(43)53)41-27-13-11-25-39(41)37-23-9-7-21-35(37)36-22-8-10-24-38(36)40-26-12-14-28-42(40)46-52-44-30-16-32-50-48(44)54(46)34-19-5-2-6-20-34/h1-32H. The average Bonchev–Trinajstić information content (AvgIpc) is 3.84. The summed E-state index contributed by atoms with van der Waals surface area (Å²) in [4.78, 5) is 19.9. The second-order valence-corrected chi connectivity index (χ2v) is 13.1. The van der Waals surface area contributed by atoms with Crippen molar-refractivity contribution in [2.45, 2.75) is 0 Å². The van der Waals surface area contributed by atoms with Crippen molar-refractivity contribution in [2.75, 3.05) is 0 Å². The van der Waals surface area contributed by atoms with Crippen LogP contribution in [0, 0.1) is 0 Å². The van der Waals surface area contributed by atoms with Crippen LogP contribution in [0.1, 0.15) is 0 Å². The van der Waals surface area contributed by atoms with Crippen LogP contribution in [-0.4, -0.2) is 29.1 Å². The van der Waals surface area contributed by atoms with Crippen molar-refractivity contribution in [3.8, 4) is 67.5 Å². The van der Waals surface area contributed by atoms with Gasteiger partial charge in [0.25, 0.3) is 0 Å². The van der Waals surface area contributed by atoms with Gasteiger partial charge in [-0.25, -0.2) is 19.9 Å². The van der Waals surface area contributed by atoms with Crippen LogP contribution in [0.4, 0.5) is 0 Å². The molecular weight excluding hydrogens is 661 g/mol. The SMILES string of the molecule is c1ccc(-n2c(-c3ccccc3-c3ccccc3-c3ccccc3-c3ccccc3-c3nc4cccnc4n3-c3ccccc3)nc3cccnc32)cc1. The Balaban J connectivity index is 1.17. The Morgan fingerprint density at radius 1 is 0.278 bits per heavy atom. The molecule has 0 spiro atoms. The van der Waals surface area contributed by atoms with Crippen LogP contribution in [0.3, 0.4) is 0 Å². The topological polar surface area (TPSA) is 61.4 Å². The highest BCUT2D eigenvalue weighted by atomic mass is 15.1. The van der Waals surface area contributed by atoms with Gasteiger partial charge in [-0.05, 0) is 81.9 Å². The molecule has 0 bridgehead atoms. The second-order valence-electron chi connectivity index (χ2n) is 13.1. The van der Waals surface area contributed by atoms with Crippen molar-refractivity contribution in [2.24, 2.45) is 0 Å². The van der Waals surface area contributed by atoms with E-state index in [2.05, 4.69) is 155 Å². The van der Waals surface area contributed by atoms with Crippen molar-refractivity contribution < 1.29 is 0 Å². The minimum Gasteiger partial charge on any atom is -0.277 e. The highest BCUT2D eigenvalue weighted by Gasteiger charge is 2.23. The summed E-state index contributed by atoms with van der Waals surface area (Å²) in [5, 5.41) is 0. The fourth-order valence-electron chi connectivity index (χ4n) is 7.56. The summed E-state index contributed by atoms with van der Waals surface area (Å²) in [5.41, 5.74) is 14.0. The number of nitrogens with zero attached hydrogens (tertiary/aromatic N) is 6. The number of imidazole rings is 2. The molecule has 6 heteroatoms. The molecule has 0 aliphatic carbocycles. The lowest BCUT2D eigenvalue weighted by Crippen LogP contribution is -2.00. The van der Waals surface area contributed by atoms with Gasteiger partial charge in [-0.3, -0.25) is 9.13 Å². The monoisotopic (exact) mass is 692 g/mol. The van der Waals surface area contributed by atoms with E-state index < -0.39 is 0 Å². The minimum atomic E-state index is 0.820. The fraction of sp³-hybridized carbons (Fsp3) is 0. The molecule has 0 N–H and O–H groups in total. The molecule has 0 amide bonds. The first-order valence-corrected chi connectivity index (χ1v) is 18.0. The third-order valence-electron chi connectivity index (χ3n) is 9.92. The van der Waals surface area contributed by atoms with E-state index in [-0.39, 0.29) is 0 Å². The van der Waals surface area contributed by atoms with Crippen molar-refractivity contribution in [1.29, 1.82) is 0 Å². The van der Waals surface area contributed by atoms with Gasteiger partial charge >= 0.3 is 0 Å². The van der Waals surface area contributed by atoms with Crippen molar-refractivity contribution in [3.63, 3.8) is 0 Å². The van der Waals surface area contributed by atoms with Crippen LogP contribution >= 0.6 is 0 Å². The molecule has 6 nitrogen and oxygen atoms in total. The smallest absolute Gasteiger partial charge is 0.164 e. The molecule has 0 fully saturated rings. The van der Waals surface area contributed by atoms with E-state index in [0.717, 1.165) is 89.9 Å². The maximum absolute atomic E-state index is 5.20. The highest BCUT2D eigenvalue weighted by Crippen LogP contribution is 2.44. The summed E-state index contributed by atoms with van der Waals surface area (Å²) < 4.78 is 4.32. The highest BCUT2D eigenvalue weighted by molar-refractivity contribution is 5.98. The molecule has 0 saturated heterocycles. The maximum Gasteiger partial charge on any atom is 0.164 e. The Bertz CT molecular complexity index is 2740. The van der Waals surface area contributed by atoms with Crippen molar-refractivity contribution >= 4 is 22.3 Å². The lowest BCUT2D eigenvalue weighted by Gasteiger charge is -2.19. The van der Waals surface area contributed by atoms with Crippen LogP contribution < -0.4 is 0 Å². The zero-order valence-corrected chi connectivity index (χ0v) is 29.2. The molecule has 0 aliphatic rings. The van der Waals surface area contributed by atoms with Gasteiger partial charge in [-0.1, -0.05) is 133 Å². The van der Waals surface area contributed by atoms with Gasteiger partial charge in [0, 0.05) is 34.9 Å².